The molecule has 1 fully saturated rings. The highest BCUT2D eigenvalue weighted by Crippen LogP contribution is 2.35. The van der Waals surface area contributed by atoms with Crippen LogP contribution < -0.4 is 10.1 Å². The lowest BCUT2D eigenvalue weighted by Crippen LogP contribution is -2.43. The summed E-state index contributed by atoms with van der Waals surface area (Å²) >= 11 is 0. The van der Waals surface area contributed by atoms with Crippen molar-refractivity contribution < 1.29 is 14.3 Å². The zero-order chi connectivity index (χ0) is 19.6. The van der Waals surface area contributed by atoms with Gasteiger partial charge in [-0.1, -0.05) is 25.1 Å². The van der Waals surface area contributed by atoms with Crippen LogP contribution in [0.3, 0.4) is 0 Å². The third-order valence-corrected chi connectivity index (χ3v) is 5.02. The molecule has 6 nitrogen and oxygen atoms in total. The second-order valence-electron chi connectivity index (χ2n) is 6.57. The van der Waals surface area contributed by atoms with E-state index in [1.54, 1.807) is 31.4 Å². The molecule has 1 heterocycles. The normalized spacial score (nSPS) is 19.0. The maximum Gasteiger partial charge on any atom is 0.325 e. The van der Waals surface area contributed by atoms with Gasteiger partial charge in [0.15, 0.2) is 0 Å². The second-order valence-corrected chi connectivity index (χ2v) is 6.57. The summed E-state index contributed by atoms with van der Waals surface area (Å²) in [6.07, 6.45) is 0.438. The summed E-state index contributed by atoms with van der Waals surface area (Å²) in [7, 11) is 1.60. The lowest BCUT2D eigenvalue weighted by atomic mass is 9.86. The van der Waals surface area contributed by atoms with E-state index >= 15 is 0 Å². The molecule has 0 saturated carbocycles. The minimum absolute atomic E-state index is 0.160. The highest BCUT2D eigenvalue weighted by atomic mass is 16.5. The van der Waals surface area contributed by atoms with E-state index in [1.807, 2.05) is 32.0 Å². The number of benzene rings is 2. The summed E-state index contributed by atoms with van der Waals surface area (Å²) in [6.45, 7) is 3.94. The molecular weight excluding hydrogens is 342 g/mol. The molecule has 1 unspecified atom stereocenters. The molecule has 1 saturated heterocycles. The number of nitrogens with one attached hydrogen (secondary N) is 1. The molecule has 0 bridgehead atoms. The average molecular weight is 363 g/mol. The fraction of sp³-hybridized carbons (Fsp3) is 0.286. The summed E-state index contributed by atoms with van der Waals surface area (Å²) in [5, 5.41) is 11.8. The van der Waals surface area contributed by atoms with Crippen LogP contribution in [0.4, 0.5) is 4.79 Å². The Labute approximate surface area is 158 Å². The predicted molar refractivity (Wildman–Crippen MR) is 99.9 cm³/mol. The van der Waals surface area contributed by atoms with Crippen molar-refractivity contribution in [1.29, 1.82) is 5.26 Å². The van der Waals surface area contributed by atoms with Crippen LogP contribution in [0, 0.1) is 18.3 Å². The Bertz CT molecular complexity index is 931. The van der Waals surface area contributed by atoms with Crippen LogP contribution >= 0.6 is 0 Å². The number of aryl methyl sites for hydroxylation is 1. The first-order chi connectivity index (χ1) is 12.9. The number of carbonyl (C=O) groups is 2. The SMILES string of the molecule is CCC1(c2ccc(OC)c(C)c2)NC(=O)N(Cc2ccc(C#N)cc2)C1=O. The molecule has 0 aliphatic carbocycles. The van der Waals surface area contributed by atoms with Gasteiger partial charge in [-0.15, -0.1) is 0 Å². The Hall–Kier alpha value is -3.33. The number of nitriles is 1. The van der Waals surface area contributed by atoms with E-state index in [1.165, 1.54) is 4.90 Å². The molecule has 6 heteroatoms. The van der Waals surface area contributed by atoms with Crippen molar-refractivity contribution in [2.45, 2.75) is 32.4 Å². The quantitative estimate of drug-likeness (QED) is 0.827. The zero-order valence-corrected chi connectivity index (χ0v) is 15.6. The van der Waals surface area contributed by atoms with Crippen LogP contribution in [-0.2, 0) is 16.9 Å². The second kappa shape index (κ2) is 7.12. The Morgan fingerprint density at radius 2 is 1.89 bits per heavy atom. The standard InChI is InChI=1S/C21H21N3O3/c1-4-21(17-9-10-18(27-3)14(2)11-17)19(25)24(20(26)23-21)13-16-7-5-15(12-22)6-8-16/h5-11H,4,13H2,1-3H3,(H,23,26). The molecule has 2 aromatic rings. The van der Waals surface area contributed by atoms with Crippen LogP contribution in [0.25, 0.3) is 0 Å². The maximum atomic E-state index is 13.2. The molecule has 0 spiro atoms. The number of methoxy groups -OCH3 is 1. The largest absolute Gasteiger partial charge is 0.496 e. The predicted octanol–water partition coefficient (Wildman–Crippen LogP) is 3.23. The van der Waals surface area contributed by atoms with Crippen molar-refractivity contribution in [1.82, 2.24) is 10.2 Å². The van der Waals surface area contributed by atoms with Gasteiger partial charge in [0.25, 0.3) is 5.91 Å². The van der Waals surface area contributed by atoms with Crippen LogP contribution in [0.5, 0.6) is 5.75 Å². The van der Waals surface area contributed by atoms with Gasteiger partial charge in [-0.05, 0) is 54.3 Å². The number of hydrogen-bond acceptors (Lipinski definition) is 4. The van der Waals surface area contributed by atoms with E-state index in [4.69, 9.17) is 10.00 Å². The number of carbonyl (C=O) groups excluding carboxylic acids is 2. The van der Waals surface area contributed by atoms with Crippen molar-refractivity contribution in [3.05, 3.63) is 64.7 Å². The Kier molecular flexibility index (Phi) is 4.87. The van der Waals surface area contributed by atoms with Gasteiger partial charge in [-0.2, -0.15) is 5.26 Å². The van der Waals surface area contributed by atoms with Gasteiger partial charge in [0, 0.05) is 0 Å². The molecule has 1 aliphatic heterocycles. The van der Waals surface area contributed by atoms with E-state index in [9.17, 15) is 9.59 Å². The van der Waals surface area contributed by atoms with E-state index in [-0.39, 0.29) is 12.5 Å². The maximum absolute atomic E-state index is 13.2. The van der Waals surface area contributed by atoms with Gasteiger partial charge in [-0.3, -0.25) is 9.69 Å². The molecule has 1 N–H and O–H groups in total. The smallest absolute Gasteiger partial charge is 0.325 e. The molecule has 1 atom stereocenters. The highest BCUT2D eigenvalue weighted by molar-refractivity contribution is 6.07. The van der Waals surface area contributed by atoms with Crippen LogP contribution in [-0.4, -0.2) is 23.9 Å². The van der Waals surface area contributed by atoms with Gasteiger partial charge in [0.2, 0.25) is 0 Å². The molecule has 2 aromatic carbocycles. The van der Waals surface area contributed by atoms with Crippen LogP contribution in [0.2, 0.25) is 0 Å². The van der Waals surface area contributed by atoms with Crippen molar-refractivity contribution in [2.75, 3.05) is 7.11 Å². The third-order valence-electron chi connectivity index (χ3n) is 5.02. The fourth-order valence-corrected chi connectivity index (χ4v) is 3.42. The first-order valence-corrected chi connectivity index (χ1v) is 8.73. The molecular formula is C21H21N3O3. The highest BCUT2D eigenvalue weighted by Gasteiger charge is 2.51. The molecule has 0 radical (unpaired) electrons. The topological polar surface area (TPSA) is 82.4 Å². The molecule has 3 amide bonds. The van der Waals surface area contributed by atoms with Crippen molar-refractivity contribution in [3.63, 3.8) is 0 Å². The van der Waals surface area contributed by atoms with E-state index < -0.39 is 11.6 Å². The van der Waals surface area contributed by atoms with Gasteiger partial charge in [-0.25, -0.2) is 4.79 Å². The van der Waals surface area contributed by atoms with E-state index in [0.29, 0.717) is 12.0 Å². The number of ether oxygens (including phenoxy) is 1. The van der Waals surface area contributed by atoms with Gasteiger partial charge in [0.1, 0.15) is 11.3 Å². The van der Waals surface area contributed by atoms with Gasteiger partial charge in [0.05, 0.1) is 25.3 Å². The summed E-state index contributed by atoms with van der Waals surface area (Å²) in [5.41, 5.74) is 1.88. The summed E-state index contributed by atoms with van der Waals surface area (Å²) < 4.78 is 5.29. The van der Waals surface area contributed by atoms with E-state index in [2.05, 4.69) is 11.4 Å². The molecule has 138 valence electrons. The first kappa shape index (κ1) is 18.5. The minimum atomic E-state index is -1.08. The van der Waals surface area contributed by atoms with Crippen LogP contribution in [0.15, 0.2) is 42.5 Å². The first-order valence-electron chi connectivity index (χ1n) is 8.73. The number of imide groups is 1. The Balaban J connectivity index is 1.92. The Morgan fingerprint density at radius 3 is 2.44 bits per heavy atom. The minimum Gasteiger partial charge on any atom is -0.496 e. The summed E-state index contributed by atoms with van der Waals surface area (Å²) in [5.74, 6) is 0.458. The summed E-state index contributed by atoms with van der Waals surface area (Å²) in [6, 6.07) is 14.0. The molecule has 1 aliphatic rings. The number of hydrogen-bond donors (Lipinski definition) is 1. The van der Waals surface area contributed by atoms with Gasteiger partial charge < -0.3 is 10.1 Å². The number of nitrogens with zero attached hydrogens (tertiary/aromatic N) is 2. The van der Waals surface area contributed by atoms with Crippen molar-refractivity contribution in [3.8, 4) is 11.8 Å². The monoisotopic (exact) mass is 363 g/mol. The number of urea groups is 1. The summed E-state index contributed by atoms with van der Waals surface area (Å²) in [4.78, 5) is 27.0. The number of amides is 3. The van der Waals surface area contributed by atoms with Crippen LogP contribution in [0.1, 0.15) is 35.6 Å². The van der Waals surface area contributed by atoms with Gasteiger partial charge >= 0.3 is 6.03 Å². The van der Waals surface area contributed by atoms with Crippen molar-refractivity contribution in [2.24, 2.45) is 0 Å². The van der Waals surface area contributed by atoms with Crippen molar-refractivity contribution >= 4 is 11.9 Å². The average Bonchev–Trinajstić information content (AvgIpc) is 2.93. The Morgan fingerprint density at radius 1 is 1.19 bits per heavy atom. The fourth-order valence-electron chi connectivity index (χ4n) is 3.42. The molecule has 0 aromatic heterocycles. The molecule has 27 heavy (non-hydrogen) atoms. The lowest BCUT2D eigenvalue weighted by molar-refractivity contribution is -0.132. The zero-order valence-electron chi connectivity index (χ0n) is 15.6. The third kappa shape index (κ3) is 3.13. The number of rotatable bonds is 5. The molecule has 3 rings (SSSR count). The lowest BCUT2D eigenvalue weighted by Gasteiger charge is -2.26. The van der Waals surface area contributed by atoms with E-state index in [0.717, 1.165) is 22.4 Å².